The number of hydrogen-bond acceptors (Lipinski definition) is 3. The van der Waals surface area contributed by atoms with Crippen LogP contribution in [0.1, 0.15) is 60.4 Å². The van der Waals surface area contributed by atoms with Gasteiger partial charge in [0.2, 0.25) is 0 Å². The summed E-state index contributed by atoms with van der Waals surface area (Å²) in [7, 11) is 0. The van der Waals surface area contributed by atoms with Crippen molar-refractivity contribution < 1.29 is 9.53 Å². The van der Waals surface area contributed by atoms with Crippen LogP contribution in [0.2, 0.25) is 0 Å². The zero-order valence-electron chi connectivity index (χ0n) is 21.3. The molecule has 0 saturated carbocycles. The van der Waals surface area contributed by atoms with Gasteiger partial charge in [-0.2, -0.15) is 0 Å². The van der Waals surface area contributed by atoms with E-state index < -0.39 is 0 Å². The zero-order chi connectivity index (χ0) is 25.0. The van der Waals surface area contributed by atoms with Gasteiger partial charge in [0, 0.05) is 5.56 Å². The minimum absolute atomic E-state index is 0.0555. The minimum atomic E-state index is 0.0555. The maximum absolute atomic E-state index is 14.0. The van der Waals surface area contributed by atoms with E-state index in [2.05, 4.69) is 90.2 Å². The predicted octanol–water partition coefficient (Wildman–Crippen LogP) is 6.69. The van der Waals surface area contributed by atoms with Crippen LogP contribution in [0.15, 0.2) is 54.6 Å². The molecule has 1 N–H and O–H groups in total. The molecule has 0 saturated heterocycles. The number of nitrogens with zero attached hydrogens (tertiary/aromatic N) is 3. The smallest absolute Gasteiger partial charge is 0.321 e. The molecule has 6 heteroatoms. The lowest BCUT2D eigenvalue weighted by Gasteiger charge is -2.33. The molecule has 6 nitrogen and oxygen atoms in total. The van der Waals surface area contributed by atoms with Crippen LogP contribution in [0.25, 0.3) is 22.2 Å². The van der Waals surface area contributed by atoms with Gasteiger partial charge in [0.25, 0.3) is 0 Å². The van der Waals surface area contributed by atoms with E-state index in [1.165, 1.54) is 11.1 Å². The molecule has 3 aromatic carbocycles. The van der Waals surface area contributed by atoms with E-state index in [0.29, 0.717) is 19.7 Å². The van der Waals surface area contributed by atoms with Gasteiger partial charge in [-0.1, -0.05) is 37.3 Å². The number of aryl methyl sites for hydroxylation is 2. The fraction of sp³-hybridized carbons (Fsp3) is 0.333. The van der Waals surface area contributed by atoms with Crippen molar-refractivity contribution in [1.29, 1.82) is 0 Å². The van der Waals surface area contributed by atoms with E-state index >= 15 is 0 Å². The number of fused-ring (bicyclic) bond motifs is 3. The fourth-order valence-corrected chi connectivity index (χ4v) is 6.00. The maximum Gasteiger partial charge on any atom is 0.321 e. The van der Waals surface area contributed by atoms with Crippen LogP contribution in [-0.2, 0) is 6.54 Å². The van der Waals surface area contributed by atoms with E-state index in [1.54, 1.807) is 0 Å². The Morgan fingerprint density at radius 2 is 1.89 bits per heavy atom. The zero-order valence-corrected chi connectivity index (χ0v) is 21.3. The lowest BCUT2D eigenvalue weighted by Crippen LogP contribution is -2.44. The standard InChI is InChI=1S/C30H32N4O2/c1-5-28-25-9-7-6-8-24(25)19(3)34(28)30(35)33-12-13-36-29-18(2)14-22(15-23(29)17-33)21-10-11-26-27(16-21)32-20(4)31-26/h6-11,14-16,19,28H,5,12-13,17H2,1-4H3,(H,31,32). The molecule has 4 aromatic rings. The molecule has 0 fully saturated rings. The molecule has 0 aliphatic carbocycles. The highest BCUT2D eigenvalue weighted by atomic mass is 16.5. The van der Waals surface area contributed by atoms with Crippen molar-refractivity contribution in [2.45, 2.75) is 52.7 Å². The lowest BCUT2D eigenvalue weighted by atomic mass is 9.98. The second-order valence-electron chi connectivity index (χ2n) is 10.0. The van der Waals surface area contributed by atoms with Crippen LogP contribution in [0.5, 0.6) is 5.75 Å². The van der Waals surface area contributed by atoms with Crippen LogP contribution < -0.4 is 4.74 Å². The van der Waals surface area contributed by atoms with Gasteiger partial charge < -0.3 is 19.5 Å². The minimum Gasteiger partial charge on any atom is -0.491 e. The van der Waals surface area contributed by atoms with Gasteiger partial charge in [0.15, 0.2) is 0 Å². The Morgan fingerprint density at radius 3 is 2.69 bits per heavy atom. The number of urea groups is 1. The highest BCUT2D eigenvalue weighted by molar-refractivity contribution is 5.83. The molecular formula is C30H32N4O2. The van der Waals surface area contributed by atoms with Crippen LogP contribution >= 0.6 is 0 Å². The van der Waals surface area contributed by atoms with Gasteiger partial charge in [-0.3, -0.25) is 0 Å². The molecule has 2 atom stereocenters. The second kappa shape index (κ2) is 8.70. The Labute approximate surface area is 211 Å². The first-order chi connectivity index (χ1) is 17.4. The summed E-state index contributed by atoms with van der Waals surface area (Å²) >= 11 is 0. The second-order valence-corrected chi connectivity index (χ2v) is 10.0. The Bertz CT molecular complexity index is 1470. The van der Waals surface area contributed by atoms with Gasteiger partial charge in [-0.05, 0) is 79.3 Å². The van der Waals surface area contributed by atoms with Crippen molar-refractivity contribution in [3.63, 3.8) is 0 Å². The Kier molecular flexibility index (Phi) is 5.47. The molecule has 0 spiro atoms. The maximum atomic E-state index is 14.0. The number of carbonyl (C=O) groups is 1. The summed E-state index contributed by atoms with van der Waals surface area (Å²) in [5.41, 5.74) is 8.90. The number of amides is 2. The third-order valence-electron chi connectivity index (χ3n) is 7.69. The molecule has 36 heavy (non-hydrogen) atoms. The summed E-state index contributed by atoms with van der Waals surface area (Å²) in [6.07, 6.45) is 0.896. The number of imidazole rings is 1. The summed E-state index contributed by atoms with van der Waals surface area (Å²) in [5.74, 6) is 1.81. The summed E-state index contributed by atoms with van der Waals surface area (Å²) in [6, 6.07) is 19.4. The third kappa shape index (κ3) is 3.63. The van der Waals surface area contributed by atoms with Gasteiger partial charge in [-0.25, -0.2) is 9.78 Å². The van der Waals surface area contributed by atoms with Crippen LogP contribution in [0.4, 0.5) is 4.79 Å². The molecule has 2 aliphatic heterocycles. The van der Waals surface area contributed by atoms with Crippen LogP contribution in [0.3, 0.4) is 0 Å². The molecule has 6 rings (SSSR count). The Morgan fingerprint density at radius 1 is 1.08 bits per heavy atom. The van der Waals surface area contributed by atoms with Crippen molar-refractivity contribution in [1.82, 2.24) is 19.8 Å². The summed E-state index contributed by atoms with van der Waals surface area (Å²) in [6.45, 7) is 9.95. The molecule has 184 valence electrons. The molecule has 0 bridgehead atoms. The van der Waals surface area contributed by atoms with Crippen molar-refractivity contribution in [2.24, 2.45) is 0 Å². The average molecular weight is 481 g/mol. The van der Waals surface area contributed by atoms with E-state index in [0.717, 1.165) is 51.3 Å². The van der Waals surface area contributed by atoms with Crippen molar-refractivity contribution in [3.05, 3.63) is 82.7 Å². The Balaban J connectivity index is 1.33. The Hall–Kier alpha value is -3.80. The van der Waals surface area contributed by atoms with Crippen molar-refractivity contribution in [2.75, 3.05) is 13.2 Å². The van der Waals surface area contributed by atoms with E-state index in [9.17, 15) is 4.79 Å². The number of carbonyl (C=O) groups excluding carboxylic acids is 1. The molecule has 1 aromatic heterocycles. The lowest BCUT2D eigenvalue weighted by molar-refractivity contribution is 0.116. The first-order valence-electron chi connectivity index (χ1n) is 12.8. The first kappa shape index (κ1) is 22.7. The van der Waals surface area contributed by atoms with Gasteiger partial charge in [0.1, 0.15) is 18.2 Å². The average Bonchev–Trinajstić information content (AvgIpc) is 3.29. The number of aromatic amines is 1. The molecule has 3 heterocycles. The van der Waals surface area contributed by atoms with E-state index in [-0.39, 0.29) is 18.1 Å². The van der Waals surface area contributed by atoms with E-state index in [4.69, 9.17) is 4.74 Å². The number of hydrogen-bond donors (Lipinski definition) is 1. The molecule has 0 radical (unpaired) electrons. The predicted molar refractivity (Wildman–Crippen MR) is 142 cm³/mol. The van der Waals surface area contributed by atoms with Gasteiger partial charge >= 0.3 is 6.03 Å². The number of nitrogens with one attached hydrogen (secondary N) is 1. The highest BCUT2D eigenvalue weighted by Crippen LogP contribution is 2.44. The summed E-state index contributed by atoms with van der Waals surface area (Å²) in [4.78, 5) is 25.9. The first-order valence-corrected chi connectivity index (χ1v) is 12.8. The number of ether oxygens (including phenoxy) is 1. The quantitative estimate of drug-likeness (QED) is 0.348. The summed E-state index contributed by atoms with van der Waals surface area (Å²) < 4.78 is 6.20. The number of benzene rings is 3. The molecular weight excluding hydrogens is 448 g/mol. The summed E-state index contributed by atoms with van der Waals surface area (Å²) in [5, 5.41) is 0. The third-order valence-corrected chi connectivity index (χ3v) is 7.69. The SMILES string of the molecule is CCC1c2ccccc2C(C)N1C(=O)N1CCOc2c(C)cc(-c3ccc4nc(C)[nH]c4c3)cc2C1. The van der Waals surface area contributed by atoms with Gasteiger partial charge in [0.05, 0.1) is 36.2 Å². The van der Waals surface area contributed by atoms with Crippen LogP contribution in [0, 0.1) is 13.8 Å². The number of H-pyrrole nitrogens is 1. The molecule has 2 unspecified atom stereocenters. The molecule has 2 amide bonds. The van der Waals surface area contributed by atoms with Crippen LogP contribution in [-0.4, -0.2) is 39.0 Å². The molecule has 2 aliphatic rings. The number of rotatable bonds is 2. The number of aromatic nitrogens is 2. The van der Waals surface area contributed by atoms with Crippen molar-refractivity contribution in [3.8, 4) is 16.9 Å². The fourth-order valence-electron chi connectivity index (χ4n) is 6.00. The normalized spacial score (nSPS) is 19.1. The monoisotopic (exact) mass is 480 g/mol. The highest BCUT2D eigenvalue weighted by Gasteiger charge is 2.40. The topological polar surface area (TPSA) is 61.5 Å². The van der Waals surface area contributed by atoms with Gasteiger partial charge in [-0.15, -0.1) is 0 Å². The largest absolute Gasteiger partial charge is 0.491 e. The van der Waals surface area contributed by atoms with Crippen molar-refractivity contribution >= 4 is 17.1 Å². The van der Waals surface area contributed by atoms with E-state index in [1.807, 2.05) is 11.8 Å².